The second-order valence-electron chi connectivity index (χ2n) is 7.94. The molecule has 1 aromatic rings. The monoisotopic (exact) mass is 360 g/mol. The number of rotatable bonds is 16. The molecule has 150 valence electrons. The maximum absolute atomic E-state index is 10.5. The molecule has 0 saturated carbocycles. The minimum Gasteiger partial charge on any atom is -0.508 e. The zero-order chi connectivity index (χ0) is 19.0. The van der Waals surface area contributed by atoms with Gasteiger partial charge in [0.2, 0.25) is 0 Å². The summed E-state index contributed by atoms with van der Waals surface area (Å²) in [6.45, 7) is 6.79. The van der Waals surface area contributed by atoms with Crippen molar-refractivity contribution in [3.05, 3.63) is 28.8 Å². The first-order valence-corrected chi connectivity index (χ1v) is 11.6. The number of phenols is 1. The van der Waals surface area contributed by atoms with Gasteiger partial charge in [0.25, 0.3) is 0 Å². The average molecular weight is 361 g/mol. The van der Waals surface area contributed by atoms with Crippen LogP contribution < -0.4 is 0 Å². The van der Waals surface area contributed by atoms with Gasteiger partial charge in [-0.2, -0.15) is 0 Å². The Bertz CT molecular complexity index is 463. The third-order valence-electron chi connectivity index (χ3n) is 5.70. The SMILES string of the molecule is CCCCCCCCCCc1c(O)ccc(CC)c1CCCCCCC. The van der Waals surface area contributed by atoms with Crippen LogP contribution in [-0.4, -0.2) is 5.11 Å². The molecule has 26 heavy (non-hydrogen) atoms. The topological polar surface area (TPSA) is 20.2 Å². The summed E-state index contributed by atoms with van der Waals surface area (Å²) in [5.41, 5.74) is 4.17. The van der Waals surface area contributed by atoms with Crippen molar-refractivity contribution in [3.8, 4) is 5.75 Å². The van der Waals surface area contributed by atoms with E-state index in [9.17, 15) is 5.11 Å². The molecular formula is C25H44O. The molecule has 0 heterocycles. The number of phenolic OH excluding ortho intramolecular Hbond substituents is 1. The Balaban J connectivity index is 2.48. The lowest BCUT2D eigenvalue weighted by atomic mass is 9.90. The van der Waals surface area contributed by atoms with E-state index in [2.05, 4.69) is 26.8 Å². The normalized spacial score (nSPS) is 11.2. The van der Waals surface area contributed by atoms with Crippen molar-refractivity contribution in [2.45, 2.75) is 124 Å². The van der Waals surface area contributed by atoms with Gasteiger partial charge in [-0.25, -0.2) is 0 Å². The largest absolute Gasteiger partial charge is 0.508 e. The molecule has 0 radical (unpaired) electrons. The smallest absolute Gasteiger partial charge is 0.119 e. The van der Waals surface area contributed by atoms with Crippen molar-refractivity contribution < 1.29 is 5.11 Å². The summed E-state index contributed by atoms with van der Waals surface area (Å²) in [6.07, 6.45) is 20.6. The van der Waals surface area contributed by atoms with E-state index in [0.29, 0.717) is 5.75 Å². The summed E-state index contributed by atoms with van der Waals surface area (Å²) in [4.78, 5) is 0. The maximum atomic E-state index is 10.5. The molecule has 1 N–H and O–H groups in total. The molecule has 0 spiro atoms. The molecule has 0 bridgehead atoms. The van der Waals surface area contributed by atoms with E-state index in [1.807, 2.05) is 6.07 Å². The summed E-state index contributed by atoms with van der Waals surface area (Å²) in [5.74, 6) is 0.536. The van der Waals surface area contributed by atoms with Gasteiger partial charge in [0.1, 0.15) is 5.75 Å². The summed E-state index contributed by atoms with van der Waals surface area (Å²) in [7, 11) is 0. The first kappa shape index (κ1) is 23.1. The van der Waals surface area contributed by atoms with Crippen molar-refractivity contribution in [1.82, 2.24) is 0 Å². The van der Waals surface area contributed by atoms with E-state index in [4.69, 9.17) is 0 Å². The van der Waals surface area contributed by atoms with Crippen molar-refractivity contribution in [3.63, 3.8) is 0 Å². The van der Waals surface area contributed by atoms with Crippen molar-refractivity contribution in [1.29, 1.82) is 0 Å². The highest BCUT2D eigenvalue weighted by Crippen LogP contribution is 2.29. The van der Waals surface area contributed by atoms with E-state index in [1.54, 1.807) is 0 Å². The minimum atomic E-state index is 0.536. The molecule has 0 amide bonds. The van der Waals surface area contributed by atoms with Crippen LogP contribution in [0.25, 0.3) is 0 Å². The molecule has 1 heteroatoms. The number of hydrogen-bond donors (Lipinski definition) is 1. The molecule has 1 aromatic carbocycles. The van der Waals surface area contributed by atoms with E-state index in [0.717, 1.165) is 19.3 Å². The second kappa shape index (κ2) is 15.1. The van der Waals surface area contributed by atoms with Crippen LogP contribution in [0.2, 0.25) is 0 Å². The molecular weight excluding hydrogens is 316 g/mol. The number of hydrogen-bond acceptors (Lipinski definition) is 1. The first-order chi connectivity index (χ1) is 12.7. The van der Waals surface area contributed by atoms with Crippen molar-refractivity contribution >= 4 is 0 Å². The van der Waals surface area contributed by atoms with Gasteiger partial charge in [-0.15, -0.1) is 0 Å². The van der Waals surface area contributed by atoms with Crippen LogP contribution in [0.15, 0.2) is 12.1 Å². The highest BCUT2D eigenvalue weighted by atomic mass is 16.3. The molecule has 1 rings (SSSR count). The van der Waals surface area contributed by atoms with Gasteiger partial charge in [-0.05, 0) is 54.9 Å². The molecule has 1 nitrogen and oxygen atoms in total. The third kappa shape index (κ3) is 9.10. The van der Waals surface area contributed by atoms with Gasteiger partial charge in [0, 0.05) is 0 Å². The Labute approximate surface area is 163 Å². The highest BCUT2D eigenvalue weighted by molar-refractivity contribution is 5.44. The lowest BCUT2D eigenvalue weighted by molar-refractivity contribution is 0.463. The Morgan fingerprint density at radius 3 is 1.54 bits per heavy atom. The fourth-order valence-electron chi connectivity index (χ4n) is 3.99. The van der Waals surface area contributed by atoms with Crippen LogP contribution in [0.5, 0.6) is 5.75 Å². The molecule has 0 aliphatic carbocycles. The molecule has 0 aliphatic rings. The lowest BCUT2D eigenvalue weighted by Gasteiger charge is -2.16. The van der Waals surface area contributed by atoms with E-state index >= 15 is 0 Å². The zero-order valence-corrected chi connectivity index (χ0v) is 17.9. The lowest BCUT2D eigenvalue weighted by Crippen LogP contribution is -2.01. The van der Waals surface area contributed by atoms with E-state index in [1.165, 1.54) is 100 Å². The van der Waals surface area contributed by atoms with Crippen LogP contribution in [0.4, 0.5) is 0 Å². The zero-order valence-electron chi connectivity index (χ0n) is 17.9. The number of benzene rings is 1. The standard InChI is InChI=1S/C25H44O/c1-4-7-9-11-12-13-15-17-19-24-23(18-16-14-10-8-5-2)22(6-3)20-21-25(24)26/h20-21,26H,4-19H2,1-3H3. The van der Waals surface area contributed by atoms with Gasteiger partial charge in [-0.3, -0.25) is 0 Å². The Morgan fingerprint density at radius 1 is 0.577 bits per heavy atom. The van der Waals surface area contributed by atoms with Crippen LogP contribution in [0.3, 0.4) is 0 Å². The highest BCUT2D eigenvalue weighted by Gasteiger charge is 2.12. The number of unbranched alkanes of at least 4 members (excludes halogenated alkanes) is 11. The molecule has 0 aliphatic heterocycles. The quantitative estimate of drug-likeness (QED) is 0.295. The summed E-state index contributed by atoms with van der Waals surface area (Å²) >= 11 is 0. The Hall–Kier alpha value is -0.980. The van der Waals surface area contributed by atoms with Gasteiger partial charge in [-0.1, -0.05) is 97.5 Å². The fraction of sp³-hybridized carbons (Fsp3) is 0.760. The van der Waals surface area contributed by atoms with E-state index < -0.39 is 0 Å². The van der Waals surface area contributed by atoms with Crippen molar-refractivity contribution in [2.24, 2.45) is 0 Å². The fourth-order valence-corrected chi connectivity index (χ4v) is 3.99. The summed E-state index contributed by atoms with van der Waals surface area (Å²) < 4.78 is 0. The van der Waals surface area contributed by atoms with Gasteiger partial charge >= 0.3 is 0 Å². The van der Waals surface area contributed by atoms with Gasteiger partial charge < -0.3 is 5.11 Å². The summed E-state index contributed by atoms with van der Waals surface area (Å²) in [5, 5.41) is 10.5. The average Bonchev–Trinajstić information content (AvgIpc) is 2.65. The molecule has 0 atom stereocenters. The van der Waals surface area contributed by atoms with Crippen molar-refractivity contribution in [2.75, 3.05) is 0 Å². The van der Waals surface area contributed by atoms with Crippen LogP contribution in [0.1, 0.15) is 121 Å². The van der Waals surface area contributed by atoms with Gasteiger partial charge in [0.05, 0.1) is 0 Å². The summed E-state index contributed by atoms with van der Waals surface area (Å²) in [6, 6.07) is 4.08. The molecule has 0 aromatic heterocycles. The Morgan fingerprint density at radius 2 is 1.04 bits per heavy atom. The maximum Gasteiger partial charge on any atom is 0.119 e. The molecule has 0 unspecified atom stereocenters. The van der Waals surface area contributed by atoms with Crippen LogP contribution in [-0.2, 0) is 19.3 Å². The number of aryl methyl sites for hydroxylation is 1. The predicted octanol–water partition coefficient (Wildman–Crippen LogP) is 8.15. The molecule has 0 fully saturated rings. The molecule has 0 saturated heterocycles. The predicted molar refractivity (Wildman–Crippen MR) is 116 cm³/mol. The third-order valence-corrected chi connectivity index (χ3v) is 5.70. The Kier molecular flexibility index (Phi) is 13.4. The van der Waals surface area contributed by atoms with Crippen LogP contribution in [0, 0.1) is 0 Å². The minimum absolute atomic E-state index is 0.536. The number of aromatic hydroxyl groups is 1. The van der Waals surface area contributed by atoms with E-state index in [-0.39, 0.29) is 0 Å². The van der Waals surface area contributed by atoms with Crippen LogP contribution >= 0.6 is 0 Å². The second-order valence-corrected chi connectivity index (χ2v) is 7.94. The van der Waals surface area contributed by atoms with Gasteiger partial charge in [0.15, 0.2) is 0 Å². The first-order valence-electron chi connectivity index (χ1n) is 11.6.